The van der Waals surface area contributed by atoms with Gasteiger partial charge in [-0.1, -0.05) is 18.2 Å². The van der Waals surface area contributed by atoms with E-state index in [1.54, 1.807) is 11.3 Å². The van der Waals surface area contributed by atoms with Gasteiger partial charge in [-0.3, -0.25) is 4.79 Å². The normalized spacial score (nSPS) is 12.0. The maximum Gasteiger partial charge on any atom is 0.258 e. The second kappa shape index (κ2) is 6.72. The number of carbonyl (C=O) groups excluding carboxylic acids is 1. The molecule has 112 valence electrons. The van der Waals surface area contributed by atoms with Gasteiger partial charge >= 0.3 is 0 Å². The summed E-state index contributed by atoms with van der Waals surface area (Å²) in [6.45, 7) is 7.87. The summed E-state index contributed by atoms with van der Waals surface area (Å²) in [5.74, 6) is 0.612. The summed E-state index contributed by atoms with van der Waals surface area (Å²) < 4.78 is 5.55. The first-order valence-electron chi connectivity index (χ1n) is 6.89. The van der Waals surface area contributed by atoms with Crippen molar-refractivity contribution in [2.45, 2.75) is 33.7 Å². The van der Waals surface area contributed by atoms with Crippen molar-refractivity contribution in [3.63, 3.8) is 0 Å². The lowest BCUT2D eigenvalue weighted by molar-refractivity contribution is -0.123. The largest absolute Gasteiger partial charge is 0.484 e. The van der Waals surface area contributed by atoms with Gasteiger partial charge in [-0.15, -0.1) is 11.3 Å². The molecule has 0 radical (unpaired) electrons. The van der Waals surface area contributed by atoms with Crippen molar-refractivity contribution < 1.29 is 9.53 Å². The van der Waals surface area contributed by atoms with E-state index < -0.39 is 0 Å². The number of amides is 1. The predicted octanol–water partition coefficient (Wildman–Crippen LogP) is 3.32. The highest BCUT2D eigenvalue weighted by molar-refractivity contribution is 7.11. The van der Waals surface area contributed by atoms with Crippen LogP contribution in [0.1, 0.15) is 34.1 Å². The van der Waals surface area contributed by atoms with Crippen LogP contribution < -0.4 is 10.1 Å². The van der Waals surface area contributed by atoms with Crippen LogP contribution in [0.25, 0.3) is 0 Å². The van der Waals surface area contributed by atoms with Crippen LogP contribution in [0, 0.1) is 20.8 Å². The number of thiazole rings is 1. The topological polar surface area (TPSA) is 51.2 Å². The van der Waals surface area contributed by atoms with E-state index in [2.05, 4.69) is 10.3 Å². The number of hydrogen-bond acceptors (Lipinski definition) is 4. The zero-order valence-corrected chi connectivity index (χ0v) is 13.6. The Morgan fingerprint density at radius 1 is 1.33 bits per heavy atom. The molecule has 1 unspecified atom stereocenters. The Bertz CT molecular complexity index is 637. The quantitative estimate of drug-likeness (QED) is 0.922. The van der Waals surface area contributed by atoms with Crippen molar-refractivity contribution in [1.29, 1.82) is 0 Å². The molecule has 1 atom stereocenters. The molecule has 5 heteroatoms. The number of nitrogens with zero attached hydrogens (tertiary/aromatic N) is 1. The second-order valence-electron chi connectivity index (χ2n) is 5.03. The van der Waals surface area contributed by atoms with Gasteiger partial charge in [-0.25, -0.2) is 4.98 Å². The molecule has 0 aliphatic rings. The SMILES string of the molecule is Cc1nc(C)c(C(C)NC(=O)COc2ccccc2C)s1. The Hall–Kier alpha value is -1.88. The van der Waals surface area contributed by atoms with Gasteiger partial charge in [0.15, 0.2) is 6.61 Å². The molecule has 4 nitrogen and oxygen atoms in total. The predicted molar refractivity (Wildman–Crippen MR) is 84.8 cm³/mol. The molecule has 1 heterocycles. The van der Waals surface area contributed by atoms with Gasteiger partial charge in [0.1, 0.15) is 5.75 Å². The minimum Gasteiger partial charge on any atom is -0.484 e. The minimum absolute atomic E-state index is 0.0199. The number of aromatic nitrogens is 1. The Morgan fingerprint density at radius 2 is 2.05 bits per heavy atom. The van der Waals surface area contributed by atoms with E-state index in [9.17, 15) is 4.79 Å². The van der Waals surface area contributed by atoms with E-state index in [0.717, 1.165) is 26.9 Å². The van der Waals surface area contributed by atoms with E-state index >= 15 is 0 Å². The average Bonchev–Trinajstić information content (AvgIpc) is 2.77. The fraction of sp³-hybridized carbons (Fsp3) is 0.375. The van der Waals surface area contributed by atoms with Crippen molar-refractivity contribution in [1.82, 2.24) is 10.3 Å². The van der Waals surface area contributed by atoms with Crippen LogP contribution in [0.3, 0.4) is 0 Å². The maximum absolute atomic E-state index is 12.0. The summed E-state index contributed by atoms with van der Waals surface area (Å²) in [6, 6.07) is 7.61. The Balaban J connectivity index is 1.90. The van der Waals surface area contributed by atoms with E-state index in [1.807, 2.05) is 52.0 Å². The van der Waals surface area contributed by atoms with Gasteiger partial charge in [0.2, 0.25) is 0 Å². The Labute approximate surface area is 129 Å². The van der Waals surface area contributed by atoms with E-state index in [1.165, 1.54) is 0 Å². The molecule has 0 spiro atoms. The lowest BCUT2D eigenvalue weighted by Gasteiger charge is -2.14. The first kappa shape index (κ1) is 15.5. The Morgan fingerprint density at radius 3 is 2.67 bits per heavy atom. The number of nitrogens with one attached hydrogen (secondary N) is 1. The van der Waals surface area contributed by atoms with Gasteiger partial charge in [0.05, 0.1) is 16.7 Å². The van der Waals surface area contributed by atoms with Crippen LogP contribution in [0.15, 0.2) is 24.3 Å². The molecule has 2 rings (SSSR count). The summed E-state index contributed by atoms with van der Waals surface area (Å²) in [6.07, 6.45) is 0. The molecular weight excluding hydrogens is 284 g/mol. The summed E-state index contributed by atoms with van der Waals surface area (Å²) in [7, 11) is 0. The molecule has 0 saturated carbocycles. The van der Waals surface area contributed by atoms with Gasteiger partial charge < -0.3 is 10.1 Å². The molecule has 0 fully saturated rings. The van der Waals surface area contributed by atoms with Gasteiger partial charge in [-0.05, 0) is 39.3 Å². The smallest absolute Gasteiger partial charge is 0.258 e. The highest BCUT2D eigenvalue weighted by atomic mass is 32.1. The van der Waals surface area contributed by atoms with Crippen LogP contribution in [0.5, 0.6) is 5.75 Å². The van der Waals surface area contributed by atoms with E-state index in [-0.39, 0.29) is 18.6 Å². The summed E-state index contributed by atoms with van der Waals surface area (Å²) in [5, 5.41) is 3.96. The van der Waals surface area contributed by atoms with Crippen molar-refractivity contribution in [3.8, 4) is 5.75 Å². The molecular formula is C16H20N2O2S. The number of para-hydroxylation sites is 1. The Kier molecular flexibility index (Phi) is 4.96. The van der Waals surface area contributed by atoms with Crippen LogP contribution in [0.2, 0.25) is 0 Å². The second-order valence-corrected chi connectivity index (χ2v) is 6.26. The van der Waals surface area contributed by atoms with Crippen LogP contribution in [-0.2, 0) is 4.79 Å². The van der Waals surface area contributed by atoms with Gasteiger partial charge in [0.25, 0.3) is 5.91 Å². The summed E-state index contributed by atoms with van der Waals surface area (Å²) in [4.78, 5) is 17.5. The van der Waals surface area contributed by atoms with E-state index in [4.69, 9.17) is 4.74 Å². The first-order valence-corrected chi connectivity index (χ1v) is 7.70. The third kappa shape index (κ3) is 4.04. The van der Waals surface area contributed by atoms with E-state index in [0.29, 0.717) is 0 Å². The average molecular weight is 304 g/mol. The molecule has 2 aromatic rings. The fourth-order valence-corrected chi connectivity index (χ4v) is 3.09. The monoisotopic (exact) mass is 304 g/mol. The molecule has 1 aromatic carbocycles. The lowest BCUT2D eigenvalue weighted by Crippen LogP contribution is -2.31. The molecule has 1 N–H and O–H groups in total. The zero-order valence-electron chi connectivity index (χ0n) is 12.8. The van der Waals surface area contributed by atoms with Crippen molar-refractivity contribution in [2.75, 3.05) is 6.61 Å². The number of ether oxygens (including phenoxy) is 1. The third-order valence-electron chi connectivity index (χ3n) is 3.16. The van der Waals surface area contributed by atoms with Crippen LogP contribution in [-0.4, -0.2) is 17.5 Å². The molecule has 0 aliphatic carbocycles. The van der Waals surface area contributed by atoms with Crippen LogP contribution in [0.4, 0.5) is 0 Å². The highest BCUT2D eigenvalue weighted by Crippen LogP contribution is 2.24. The number of aryl methyl sites for hydroxylation is 3. The minimum atomic E-state index is -0.129. The summed E-state index contributed by atoms with van der Waals surface area (Å²) >= 11 is 1.61. The fourth-order valence-electron chi connectivity index (χ4n) is 2.16. The van der Waals surface area contributed by atoms with Crippen LogP contribution >= 0.6 is 11.3 Å². The number of rotatable bonds is 5. The number of hydrogen-bond donors (Lipinski definition) is 1. The first-order chi connectivity index (χ1) is 9.97. The maximum atomic E-state index is 12.0. The van der Waals surface area contributed by atoms with Gasteiger partial charge in [-0.2, -0.15) is 0 Å². The highest BCUT2D eigenvalue weighted by Gasteiger charge is 2.15. The molecule has 1 aromatic heterocycles. The third-order valence-corrected chi connectivity index (χ3v) is 4.42. The molecule has 0 bridgehead atoms. The van der Waals surface area contributed by atoms with Crippen molar-refractivity contribution in [3.05, 3.63) is 45.4 Å². The molecule has 21 heavy (non-hydrogen) atoms. The standard InChI is InChI=1S/C16H20N2O2S/c1-10-7-5-6-8-14(10)20-9-15(19)18-12(3)16-11(2)17-13(4)21-16/h5-8,12H,9H2,1-4H3,(H,18,19). The number of benzene rings is 1. The number of carbonyl (C=O) groups is 1. The zero-order chi connectivity index (χ0) is 15.4. The lowest BCUT2D eigenvalue weighted by atomic mass is 10.2. The molecule has 0 saturated heterocycles. The van der Waals surface area contributed by atoms with Gasteiger partial charge in [0, 0.05) is 4.88 Å². The summed E-state index contributed by atoms with van der Waals surface area (Å²) in [5.41, 5.74) is 2.00. The van der Waals surface area contributed by atoms with Crippen molar-refractivity contribution in [2.24, 2.45) is 0 Å². The van der Waals surface area contributed by atoms with Crippen molar-refractivity contribution >= 4 is 17.2 Å². The molecule has 1 amide bonds. The molecule has 0 aliphatic heterocycles.